The van der Waals surface area contributed by atoms with Gasteiger partial charge in [0.05, 0.1) is 11.0 Å². The summed E-state index contributed by atoms with van der Waals surface area (Å²) in [7, 11) is -1.68. The minimum atomic E-state index is -1.68. The van der Waals surface area contributed by atoms with Gasteiger partial charge in [-0.3, -0.25) is 0 Å². The molecule has 5 nitrogen and oxygen atoms in total. The number of oxazole rings is 1. The van der Waals surface area contributed by atoms with E-state index < -0.39 is 8.07 Å². The zero-order valence-electron chi connectivity index (χ0n) is 23.9. The van der Waals surface area contributed by atoms with Gasteiger partial charge in [-0.1, -0.05) is 73.1 Å². The van der Waals surface area contributed by atoms with Crippen LogP contribution < -0.4 is 5.51 Å². The number of hydrogen-bond acceptors (Lipinski definition) is 5. The third-order valence-corrected chi connectivity index (χ3v) is 8.64. The molecule has 0 aliphatic rings. The van der Waals surface area contributed by atoms with Crippen LogP contribution in [0.1, 0.15) is 0 Å². The van der Waals surface area contributed by atoms with E-state index in [9.17, 15) is 0 Å². The van der Waals surface area contributed by atoms with Crippen molar-refractivity contribution in [3.8, 4) is 22.5 Å². The summed E-state index contributed by atoms with van der Waals surface area (Å²) in [5, 5.41) is 4.16. The quantitative estimate of drug-likeness (QED) is 0.133. The molecule has 0 N–H and O–H groups in total. The number of aromatic nitrogens is 3. The molecule has 213 valence electrons. The van der Waals surface area contributed by atoms with Crippen molar-refractivity contribution in [3.63, 3.8) is 0 Å². The van der Waals surface area contributed by atoms with Gasteiger partial charge in [0.1, 0.15) is 19.2 Å². The van der Waals surface area contributed by atoms with Crippen molar-refractivity contribution in [1.82, 2.24) is 15.0 Å². The van der Waals surface area contributed by atoms with Crippen molar-refractivity contribution in [3.05, 3.63) is 122 Å². The number of nitrogens with zero attached hydrogens (tertiary/aromatic N) is 3. The molecule has 0 saturated carbocycles. The van der Waals surface area contributed by atoms with Gasteiger partial charge in [-0.05, 0) is 35.0 Å². The van der Waals surface area contributed by atoms with E-state index in [2.05, 4.69) is 59.9 Å². The molecule has 0 unspecified atom stereocenters. The molecule has 0 aliphatic carbocycles. The van der Waals surface area contributed by atoms with Crippen LogP contribution in [0.2, 0.25) is 19.6 Å². The maximum Gasteiger partial charge on any atom is 0.167 e. The average Bonchev–Trinajstić information content (AvgIpc) is 3.65. The van der Waals surface area contributed by atoms with Gasteiger partial charge < -0.3 is 18.8 Å². The van der Waals surface area contributed by atoms with Gasteiger partial charge in [0.2, 0.25) is 0 Å². The first kappa shape index (κ1) is 28.7. The second kappa shape index (κ2) is 11.7. The molecule has 8 aromatic rings. The number of benzene rings is 4. The Morgan fingerprint density at radius 3 is 2.05 bits per heavy atom. The maximum absolute atomic E-state index is 6.51. The normalized spacial score (nSPS) is 11.4. The molecule has 0 aliphatic heterocycles. The zero-order valence-corrected chi connectivity index (χ0v) is 27.3. The minimum absolute atomic E-state index is 0. The predicted octanol–water partition coefficient (Wildman–Crippen LogP) is 8.83. The summed E-state index contributed by atoms with van der Waals surface area (Å²) in [6.07, 6.45) is 3.58. The maximum atomic E-state index is 6.51. The monoisotopic (exact) mass is 754 g/mol. The molecule has 0 fully saturated rings. The third-order valence-electron chi connectivity index (χ3n) is 7.15. The summed E-state index contributed by atoms with van der Waals surface area (Å²) in [4.78, 5) is 13.5. The minimum Gasteiger partial charge on any atom is -0.500 e. The molecule has 4 heterocycles. The number of rotatable bonds is 3. The van der Waals surface area contributed by atoms with Gasteiger partial charge in [0.25, 0.3) is 0 Å². The molecule has 1 radical (unpaired) electrons. The summed E-state index contributed by atoms with van der Waals surface area (Å²) in [5.41, 5.74) is 7.88. The van der Waals surface area contributed by atoms with Crippen molar-refractivity contribution < 1.29 is 28.9 Å². The number of furan rings is 1. The van der Waals surface area contributed by atoms with Crippen molar-refractivity contribution in [2.75, 3.05) is 0 Å². The van der Waals surface area contributed by atoms with Crippen LogP contribution in [0.5, 0.6) is 0 Å². The molecular weight excluding hydrogens is 727 g/mol. The molecule has 43 heavy (non-hydrogen) atoms. The van der Waals surface area contributed by atoms with Crippen LogP contribution in [0, 0.1) is 12.1 Å². The SMILES string of the molecule is C[Si](C)(C)c1nc2ccc3ccc4c5cc[c-]c(-c6ccccn6)c5oc4c3c2o1.[Ir].[c-]1ccccc1-c1ccccn1. The molecule has 0 saturated heterocycles. The van der Waals surface area contributed by atoms with Crippen molar-refractivity contribution in [2.24, 2.45) is 0 Å². The van der Waals surface area contributed by atoms with E-state index in [4.69, 9.17) is 13.8 Å². The first-order valence-corrected chi connectivity index (χ1v) is 17.4. The molecule has 4 aromatic heterocycles. The smallest absolute Gasteiger partial charge is 0.167 e. The zero-order chi connectivity index (χ0) is 28.7. The third kappa shape index (κ3) is 5.43. The molecule has 8 rings (SSSR count). The summed E-state index contributed by atoms with van der Waals surface area (Å²) in [5.74, 6) is 0. The number of hydrogen-bond donors (Lipinski definition) is 0. The van der Waals surface area contributed by atoms with Gasteiger partial charge in [-0.2, -0.15) is 0 Å². The van der Waals surface area contributed by atoms with Crippen molar-refractivity contribution >= 4 is 57.4 Å². The van der Waals surface area contributed by atoms with Gasteiger partial charge in [-0.25, -0.2) is 4.98 Å². The van der Waals surface area contributed by atoms with E-state index in [1.54, 1.807) is 12.4 Å². The van der Waals surface area contributed by atoms with Crippen LogP contribution in [-0.4, -0.2) is 23.0 Å². The standard InChI is InChI=1S/C25H19N2O2Si.C11H8N.Ir/c1-30(2,3)25-27-20-13-11-15-10-12-17-16-7-6-8-18(19-9-4-5-14-26-19)22(16)28-23(17)21(15)24(20)29-25;1-2-6-10(7-3-1)11-8-4-5-9-12-11;/h4-7,9-14H,1-3H3;1-6,8-9H;/q2*-1;. The Hall–Kier alpha value is -4.42. The van der Waals surface area contributed by atoms with E-state index in [0.29, 0.717) is 0 Å². The first-order chi connectivity index (χ1) is 20.5. The Morgan fingerprint density at radius 1 is 0.628 bits per heavy atom. The average molecular weight is 754 g/mol. The van der Waals surface area contributed by atoms with Crippen LogP contribution in [-0.2, 0) is 20.1 Å². The topological polar surface area (TPSA) is 65.0 Å². The largest absolute Gasteiger partial charge is 0.500 e. The van der Waals surface area contributed by atoms with E-state index >= 15 is 0 Å². The van der Waals surface area contributed by atoms with Crippen LogP contribution >= 0.6 is 0 Å². The van der Waals surface area contributed by atoms with E-state index in [1.165, 1.54) is 0 Å². The fraction of sp³-hybridized carbons (Fsp3) is 0.0833. The Morgan fingerprint density at radius 2 is 1.35 bits per heavy atom. The second-order valence-corrected chi connectivity index (χ2v) is 16.1. The summed E-state index contributed by atoms with van der Waals surface area (Å²) >= 11 is 0. The molecule has 7 heteroatoms. The molecular formula is C36H27IrN3O2Si-2. The number of pyridine rings is 2. The second-order valence-electron chi connectivity index (χ2n) is 11.1. The molecule has 0 bridgehead atoms. The van der Waals surface area contributed by atoms with Crippen molar-refractivity contribution in [2.45, 2.75) is 19.6 Å². The summed E-state index contributed by atoms with van der Waals surface area (Å²) < 4.78 is 12.8. The van der Waals surface area contributed by atoms with Crippen LogP contribution in [0.25, 0.3) is 66.3 Å². The van der Waals surface area contributed by atoms with E-state index in [0.717, 1.165) is 71.8 Å². The van der Waals surface area contributed by atoms with Gasteiger partial charge in [0, 0.05) is 37.9 Å². The predicted molar refractivity (Wildman–Crippen MR) is 172 cm³/mol. The Balaban J connectivity index is 0.000000213. The van der Waals surface area contributed by atoms with Gasteiger partial charge in [0.15, 0.2) is 11.1 Å². The van der Waals surface area contributed by atoms with E-state index in [1.807, 2.05) is 78.9 Å². The van der Waals surface area contributed by atoms with E-state index in [-0.39, 0.29) is 20.1 Å². The Labute approximate surface area is 264 Å². The summed E-state index contributed by atoms with van der Waals surface area (Å²) in [6, 6.07) is 38.3. The number of fused-ring (bicyclic) bond motifs is 7. The van der Waals surface area contributed by atoms with Crippen LogP contribution in [0.15, 0.2) is 118 Å². The summed E-state index contributed by atoms with van der Waals surface area (Å²) in [6.45, 7) is 6.73. The molecule has 0 atom stereocenters. The van der Waals surface area contributed by atoms with Crippen molar-refractivity contribution in [1.29, 1.82) is 0 Å². The molecule has 0 amide bonds. The fourth-order valence-electron chi connectivity index (χ4n) is 5.08. The fourth-order valence-corrected chi connectivity index (χ4v) is 5.95. The van der Waals surface area contributed by atoms with Gasteiger partial charge >= 0.3 is 0 Å². The van der Waals surface area contributed by atoms with Crippen LogP contribution in [0.3, 0.4) is 0 Å². The first-order valence-electron chi connectivity index (χ1n) is 13.9. The Kier molecular flexibility index (Phi) is 7.80. The Bertz CT molecular complexity index is 2130. The molecule has 4 aromatic carbocycles. The van der Waals surface area contributed by atoms with Gasteiger partial charge in [-0.15, -0.1) is 54.1 Å². The van der Waals surface area contributed by atoms with Crippen LogP contribution in [0.4, 0.5) is 0 Å². The molecule has 0 spiro atoms.